The first kappa shape index (κ1) is 19.2. The maximum atomic E-state index is 12.3. The summed E-state index contributed by atoms with van der Waals surface area (Å²) in [7, 11) is 0. The second-order valence-electron chi connectivity index (χ2n) is 6.24. The average molecular weight is 528 g/mol. The SMILES string of the molecule is Nc1nc(SCC(=O)Nc2ccc(Br)cc2Br)nc2sc3c(c12)CCCC3. The zero-order valence-electron chi connectivity index (χ0n) is 14.2. The molecule has 0 radical (unpaired) electrons. The van der Waals surface area contributed by atoms with Gasteiger partial charge in [-0.05, 0) is 65.4 Å². The highest BCUT2D eigenvalue weighted by molar-refractivity contribution is 9.11. The number of halogens is 2. The Hall–Kier alpha value is -1.16. The number of carbonyl (C=O) groups excluding carboxylic acids is 1. The van der Waals surface area contributed by atoms with E-state index < -0.39 is 0 Å². The summed E-state index contributed by atoms with van der Waals surface area (Å²) in [5, 5.41) is 4.45. The highest BCUT2D eigenvalue weighted by atomic mass is 79.9. The minimum absolute atomic E-state index is 0.115. The van der Waals surface area contributed by atoms with E-state index in [0.29, 0.717) is 11.0 Å². The van der Waals surface area contributed by atoms with Crippen LogP contribution in [-0.4, -0.2) is 21.6 Å². The largest absolute Gasteiger partial charge is 0.383 e. The first-order valence-electron chi connectivity index (χ1n) is 8.46. The van der Waals surface area contributed by atoms with Crippen molar-refractivity contribution in [3.8, 4) is 0 Å². The van der Waals surface area contributed by atoms with Crippen LogP contribution in [0.3, 0.4) is 0 Å². The molecule has 0 fully saturated rings. The molecule has 0 unspecified atom stereocenters. The molecule has 1 amide bonds. The van der Waals surface area contributed by atoms with E-state index in [9.17, 15) is 4.79 Å². The number of nitrogens with one attached hydrogen (secondary N) is 1. The maximum Gasteiger partial charge on any atom is 0.234 e. The van der Waals surface area contributed by atoms with Crippen LogP contribution in [-0.2, 0) is 17.6 Å². The van der Waals surface area contributed by atoms with Gasteiger partial charge in [-0.15, -0.1) is 11.3 Å². The fraction of sp³-hybridized carbons (Fsp3) is 0.278. The summed E-state index contributed by atoms with van der Waals surface area (Å²) in [4.78, 5) is 23.7. The lowest BCUT2D eigenvalue weighted by atomic mass is 9.97. The summed E-state index contributed by atoms with van der Waals surface area (Å²) in [5.74, 6) is 0.632. The van der Waals surface area contributed by atoms with Crippen LogP contribution in [0.5, 0.6) is 0 Å². The fourth-order valence-corrected chi connectivity index (χ4v) is 6.26. The minimum Gasteiger partial charge on any atom is -0.383 e. The van der Waals surface area contributed by atoms with Gasteiger partial charge >= 0.3 is 0 Å². The highest BCUT2D eigenvalue weighted by Gasteiger charge is 2.20. The Labute approximate surface area is 181 Å². The molecule has 2 heterocycles. The average Bonchev–Trinajstić information content (AvgIpc) is 3.01. The van der Waals surface area contributed by atoms with Gasteiger partial charge in [0.05, 0.1) is 16.8 Å². The van der Waals surface area contributed by atoms with E-state index in [2.05, 4.69) is 47.1 Å². The number of nitrogens with zero attached hydrogens (tertiary/aromatic N) is 2. The molecule has 9 heteroatoms. The Bertz CT molecular complexity index is 1040. The molecule has 5 nitrogen and oxygen atoms in total. The Morgan fingerprint density at radius 2 is 2.07 bits per heavy atom. The summed E-state index contributed by atoms with van der Waals surface area (Å²) >= 11 is 9.85. The first-order valence-corrected chi connectivity index (χ1v) is 11.9. The molecule has 27 heavy (non-hydrogen) atoms. The lowest BCUT2D eigenvalue weighted by molar-refractivity contribution is -0.113. The molecule has 0 bridgehead atoms. The smallest absolute Gasteiger partial charge is 0.234 e. The van der Waals surface area contributed by atoms with E-state index in [4.69, 9.17) is 5.73 Å². The Kier molecular flexibility index (Phi) is 5.73. The van der Waals surface area contributed by atoms with Crippen LogP contribution in [0.4, 0.5) is 11.5 Å². The molecule has 3 aromatic rings. The summed E-state index contributed by atoms with van der Waals surface area (Å²) in [6, 6.07) is 5.61. The van der Waals surface area contributed by atoms with E-state index in [1.807, 2.05) is 18.2 Å². The number of fused-ring (bicyclic) bond motifs is 3. The van der Waals surface area contributed by atoms with Crippen molar-refractivity contribution in [2.24, 2.45) is 0 Å². The van der Waals surface area contributed by atoms with E-state index in [1.54, 1.807) is 11.3 Å². The molecule has 1 aliphatic rings. The van der Waals surface area contributed by atoms with Crippen molar-refractivity contribution >= 4 is 82.6 Å². The number of anilines is 2. The summed E-state index contributed by atoms with van der Waals surface area (Å²) < 4.78 is 1.76. The molecular weight excluding hydrogens is 512 g/mol. The molecule has 140 valence electrons. The van der Waals surface area contributed by atoms with E-state index in [-0.39, 0.29) is 11.7 Å². The number of nitrogen functional groups attached to an aromatic ring is 1. The topological polar surface area (TPSA) is 80.9 Å². The van der Waals surface area contributed by atoms with Crippen LogP contribution in [0.2, 0.25) is 0 Å². The molecule has 0 aliphatic heterocycles. The predicted octanol–water partition coefficient (Wildman–Crippen LogP) is 5.41. The standard InChI is InChI=1S/C18H16Br2N4OS2/c19-9-5-6-12(11(20)7-9)22-14(25)8-26-18-23-16(21)15-10-3-1-2-4-13(10)27-17(15)24-18/h5-7H,1-4,8H2,(H,22,25)(H2,21,23,24). The number of nitrogens with two attached hydrogens (primary N) is 1. The predicted molar refractivity (Wildman–Crippen MR) is 120 cm³/mol. The third-order valence-corrected chi connectivity index (χ3v) is 7.54. The Balaban J connectivity index is 1.48. The summed E-state index contributed by atoms with van der Waals surface area (Å²) in [6.07, 6.45) is 4.57. The van der Waals surface area contributed by atoms with Gasteiger partial charge in [-0.25, -0.2) is 9.97 Å². The monoisotopic (exact) mass is 526 g/mol. The molecular formula is C18H16Br2N4OS2. The number of aryl methyl sites for hydroxylation is 2. The van der Waals surface area contributed by atoms with Crippen LogP contribution in [0.1, 0.15) is 23.3 Å². The number of thioether (sulfide) groups is 1. The fourth-order valence-electron chi connectivity index (χ4n) is 3.14. The van der Waals surface area contributed by atoms with Gasteiger partial charge in [0.2, 0.25) is 5.91 Å². The van der Waals surface area contributed by atoms with Crippen molar-refractivity contribution in [2.75, 3.05) is 16.8 Å². The quantitative estimate of drug-likeness (QED) is 0.350. The third-order valence-electron chi connectivity index (χ3n) is 4.36. The van der Waals surface area contributed by atoms with Crippen LogP contribution in [0, 0.1) is 0 Å². The molecule has 4 rings (SSSR count). The second-order valence-corrected chi connectivity index (χ2v) is 10.0. The molecule has 0 saturated heterocycles. The number of rotatable bonds is 4. The Morgan fingerprint density at radius 3 is 2.89 bits per heavy atom. The zero-order chi connectivity index (χ0) is 19.0. The minimum atomic E-state index is -0.115. The van der Waals surface area contributed by atoms with Crippen molar-refractivity contribution in [2.45, 2.75) is 30.8 Å². The lowest BCUT2D eigenvalue weighted by Crippen LogP contribution is -2.14. The van der Waals surface area contributed by atoms with Crippen molar-refractivity contribution < 1.29 is 4.79 Å². The van der Waals surface area contributed by atoms with Gasteiger partial charge < -0.3 is 11.1 Å². The van der Waals surface area contributed by atoms with Crippen molar-refractivity contribution in [3.05, 3.63) is 37.6 Å². The molecule has 0 atom stereocenters. The van der Waals surface area contributed by atoms with E-state index in [0.717, 1.165) is 37.7 Å². The number of aromatic nitrogens is 2. The number of hydrogen-bond acceptors (Lipinski definition) is 6. The normalized spacial score (nSPS) is 13.6. The highest BCUT2D eigenvalue weighted by Crippen LogP contribution is 2.38. The van der Waals surface area contributed by atoms with Crippen LogP contribution >= 0.6 is 55.0 Å². The summed E-state index contributed by atoms with van der Waals surface area (Å²) in [6.45, 7) is 0. The Morgan fingerprint density at radius 1 is 1.26 bits per heavy atom. The van der Waals surface area contributed by atoms with Gasteiger partial charge in [-0.2, -0.15) is 0 Å². The van der Waals surface area contributed by atoms with Gasteiger partial charge in [0.25, 0.3) is 0 Å². The maximum absolute atomic E-state index is 12.3. The van der Waals surface area contributed by atoms with Gasteiger partial charge in [-0.3, -0.25) is 4.79 Å². The van der Waals surface area contributed by atoms with Crippen LogP contribution < -0.4 is 11.1 Å². The number of carbonyl (C=O) groups is 1. The third kappa shape index (κ3) is 4.16. The number of benzene rings is 1. The molecule has 0 saturated carbocycles. The number of hydrogen-bond donors (Lipinski definition) is 2. The van der Waals surface area contributed by atoms with Crippen molar-refractivity contribution in [1.29, 1.82) is 0 Å². The van der Waals surface area contributed by atoms with Gasteiger partial charge in [0.15, 0.2) is 5.16 Å². The van der Waals surface area contributed by atoms with Gasteiger partial charge in [0, 0.05) is 13.8 Å². The van der Waals surface area contributed by atoms with Crippen molar-refractivity contribution in [1.82, 2.24) is 9.97 Å². The summed E-state index contributed by atoms with van der Waals surface area (Å²) in [5.41, 5.74) is 8.27. The van der Waals surface area contributed by atoms with Crippen LogP contribution in [0.15, 0.2) is 32.3 Å². The molecule has 3 N–H and O–H groups in total. The van der Waals surface area contributed by atoms with E-state index >= 15 is 0 Å². The molecule has 1 aromatic carbocycles. The van der Waals surface area contributed by atoms with Gasteiger partial charge in [0.1, 0.15) is 10.6 Å². The first-order chi connectivity index (χ1) is 13.0. The molecule has 2 aromatic heterocycles. The zero-order valence-corrected chi connectivity index (χ0v) is 19.0. The van der Waals surface area contributed by atoms with Crippen molar-refractivity contribution in [3.63, 3.8) is 0 Å². The molecule has 1 aliphatic carbocycles. The van der Waals surface area contributed by atoms with Gasteiger partial charge in [-0.1, -0.05) is 27.7 Å². The number of amides is 1. The second kappa shape index (κ2) is 8.06. The lowest BCUT2D eigenvalue weighted by Gasteiger charge is -2.10. The molecule has 0 spiro atoms. The van der Waals surface area contributed by atoms with Crippen LogP contribution in [0.25, 0.3) is 10.2 Å². The van der Waals surface area contributed by atoms with E-state index in [1.165, 1.54) is 35.0 Å². The number of thiophene rings is 1.